The molecule has 2 N–H and O–H groups in total. The van der Waals surface area contributed by atoms with Gasteiger partial charge in [0, 0.05) is 30.7 Å². The van der Waals surface area contributed by atoms with Crippen molar-refractivity contribution in [2.75, 3.05) is 29.9 Å². The third kappa shape index (κ3) is 5.73. The summed E-state index contributed by atoms with van der Waals surface area (Å²) in [6, 6.07) is 18.0. The summed E-state index contributed by atoms with van der Waals surface area (Å²) >= 11 is 0. The highest BCUT2D eigenvalue weighted by molar-refractivity contribution is 5.95. The van der Waals surface area contributed by atoms with Gasteiger partial charge in [-0.1, -0.05) is 56.5 Å². The molecule has 36 heavy (non-hydrogen) atoms. The first-order chi connectivity index (χ1) is 17.4. The second kappa shape index (κ2) is 11.6. The first-order valence-electron chi connectivity index (χ1n) is 13.4. The van der Waals surface area contributed by atoms with E-state index in [1.165, 1.54) is 6.42 Å². The summed E-state index contributed by atoms with van der Waals surface area (Å²) in [6.07, 6.45) is 6.95. The second-order valence-corrected chi connectivity index (χ2v) is 10.5. The van der Waals surface area contributed by atoms with Gasteiger partial charge in [-0.2, -0.15) is 5.26 Å². The van der Waals surface area contributed by atoms with E-state index >= 15 is 0 Å². The molecular formula is C30H38N4O2. The normalized spacial score (nSPS) is 18.6. The molecule has 6 heteroatoms. The maximum absolute atomic E-state index is 13.0. The van der Waals surface area contributed by atoms with Gasteiger partial charge in [0.05, 0.1) is 17.2 Å². The van der Waals surface area contributed by atoms with Crippen molar-refractivity contribution < 1.29 is 9.59 Å². The first-order valence-corrected chi connectivity index (χ1v) is 13.4. The quantitative estimate of drug-likeness (QED) is 0.533. The van der Waals surface area contributed by atoms with Crippen LogP contribution < -0.4 is 15.5 Å². The second-order valence-electron chi connectivity index (χ2n) is 10.5. The average Bonchev–Trinajstić information content (AvgIpc) is 2.90. The van der Waals surface area contributed by atoms with Crippen LogP contribution in [0.5, 0.6) is 0 Å². The van der Waals surface area contributed by atoms with Gasteiger partial charge in [0.1, 0.15) is 6.07 Å². The number of hydrogen-bond acceptors (Lipinski definition) is 4. The number of carbonyl (C=O) groups is 2. The number of anilines is 2. The number of carbonyl (C=O) groups excluding carboxylic acids is 2. The number of rotatable bonds is 7. The molecule has 1 unspecified atom stereocenters. The van der Waals surface area contributed by atoms with Crippen LogP contribution in [0.25, 0.3) is 0 Å². The first kappa shape index (κ1) is 25.8. The molecule has 1 atom stereocenters. The van der Waals surface area contributed by atoms with Gasteiger partial charge in [-0.3, -0.25) is 9.59 Å². The zero-order valence-electron chi connectivity index (χ0n) is 21.6. The van der Waals surface area contributed by atoms with Crippen molar-refractivity contribution in [2.24, 2.45) is 11.3 Å². The summed E-state index contributed by atoms with van der Waals surface area (Å²) in [4.78, 5) is 28.2. The fourth-order valence-corrected chi connectivity index (χ4v) is 5.88. The number of amides is 2. The smallest absolute Gasteiger partial charge is 0.230 e. The summed E-state index contributed by atoms with van der Waals surface area (Å²) in [5.74, 6) is 0.224. The number of benzene rings is 2. The molecule has 1 aliphatic carbocycles. The van der Waals surface area contributed by atoms with Gasteiger partial charge in [0.2, 0.25) is 11.8 Å². The number of nitrogens with one attached hydrogen (secondary N) is 2. The Morgan fingerprint density at radius 2 is 1.78 bits per heavy atom. The Labute approximate surface area is 215 Å². The summed E-state index contributed by atoms with van der Waals surface area (Å²) in [7, 11) is 0. The predicted molar refractivity (Wildman–Crippen MR) is 144 cm³/mol. The minimum Gasteiger partial charge on any atom is -0.370 e. The highest BCUT2D eigenvalue weighted by atomic mass is 16.2. The molecule has 2 aromatic rings. The summed E-state index contributed by atoms with van der Waals surface area (Å²) in [6.45, 7) is 6.19. The van der Waals surface area contributed by atoms with Crippen LogP contribution in [0.2, 0.25) is 0 Å². The van der Waals surface area contributed by atoms with Crippen molar-refractivity contribution in [3.05, 3.63) is 59.7 Å². The summed E-state index contributed by atoms with van der Waals surface area (Å²) < 4.78 is 0. The van der Waals surface area contributed by atoms with E-state index in [0.29, 0.717) is 17.8 Å². The largest absolute Gasteiger partial charge is 0.370 e. The molecule has 4 rings (SSSR count). The van der Waals surface area contributed by atoms with Gasteiger partial charge in [-0.15, -0.1) is 0 Å². The molecule has 0 aromatic heterocycles. The third-order valence-corrected chi connectivity index (χ3v) is 8.02. The van der Waals surface area contributed by atoms with Crippen LogP contribution in [0, 0.1) is 22.7 Å². The zero-order valence-corrected chi connectivity index (χ0v) is 21.6. The van der Waals surface area contributed by atoms with Gasteiger partial charge in [-0.25, -0.2) is 0 Å². The van der Waals surface area contributed by atoms with E-state index in [1.807, 2.05) is 49.4 Å². The number of hydrogen-bond donors (Lipinski definition) is 2. The van der Waals surface area contributed by atoms with E-state index in [4.69, 9.17) is 0 Å². The van der Waals surface area contributed by atoms with E-state index in [-0.39, 0.29) is 29.1 Å². The molecule has 1 saturated carbocycles. The van der Waals surface area contributed by atoms with Gasteiger partial charge >= 0.3 is 0 Å². The van der Waals surface area contributed by atoms with Crippen LogP contribution in [0.15, 0.2) is 48.5 Å². The van der Waals surface area contributed by atoms with Crippen molar-refractivity contribution >= 4 is 23.2 Å². The van der Waals surface area contributed by atoms with Gasteiger partial charge < -0.3 is 15.5 Å². The van der Waals surface area contributed by atoms with Crippen molar-refractivity contribution in [2.45, 2.75) is 64.7 Å². The van der Waals surface area contributed by atoms with Crippen molar-refractivity contribution in [3.8, 4) is 6.07 Å². The van der Waals surface area contributed by atoms with Crippen molar-refractivity contribution in [1.82, 2.24) is 5.32 Å². The number of nitrogens with zero attached hydrogens (tertiary/aromatic N) is 2. The number of piperidine rings is 1. The number of nitriles is 1. The Kier molecular flexibility index (Phi) is 8.30. The lowest BCUT2D eigenvalue weighted by molar-refractivity contribution is -0.126. The van der Waals surface area contributed by atoms with Crippen LogP contribution in [-0.2, 0) is 9.59 Å². The summed E-state index contributed by atoms with van der Waals surface area (Å²) in [5.41, 5.74) is 2.88. The predicted octanol–water partition coefficient (Wildman–Crippen LogP) is 5.60. The lowest BCUT2D eigenvalue weighted by Gasteiger charge is -2.37. The van der Waals surface area contributed by atoms with E-state index in [2.05, 4.69) is 28.5 Å². The van der Waals surface area contributed by atoms with Crippen molar-refractivity contribution in [1.29, 1.82) is 5.26 Å². The fraction of sp³-hybridized carbons (Fsp3) is 0.500. The lowest BCUT2D eigenvalue weighted by Crippen LogP contribution is -2.40. The molecule has 2 amide bonds. The Morgan fingerprint density at radius 3 is 2.42 bits per heavy atom. The van der Waals surface area contributed by atoms with E-state index in [1.54, 1.807) is 6.07 Å². The topological polar surface area (TPSA) is 85.2 Å². The molecule has 0 bridgehead atoms. The zero-order chi connectivity index (χ0) is 25.5. The van der Waals surface area contributed by atoms with Gasteiger partial charge in [-0.05, 0) is 62.3 Å². The molecule has 2 fully saturated rings. The molecule has 2 aromatic carbocycles. The molecule has 1 heterocycles. The van der Waals surface area contributed by atoms with Crippen LogP contribution in [-0.4, -0.2) is 31.4 Å². The maximum Gasteiger partial charge on any atom is 0.230 e. The lowest BCUT2D eigenvalue weighted by atomic mass is 9.75. The Balaban J connectivity index is 1.44. The molecule has 1 saturated heterocycles. The van der Waals surface area contributed by atoms with E-state index < -0.39 is 0 Å². The minimum atomic E-state index is -0.328. The van der Waals surface area contributed by atoms with Crippen LogP contribution >= 0.6 is 0 Å². The van der Waals surface area contributed by atoms with Gasteiger partial charge in [0.25, 0.3) is 0 Å². The van der Waals surface area contributed by atoms with Crippen LogP contribution in [0.3, 0.4) is 0 Å². The van der Waals surface area contributed by atoms with Crippen LogP contribution in [0.1, 0.15) is 75.8 Å². The molecule has 1 aliphatic heterocycles. The molecule has 0 radical (unpaired) electrons. The Morgan fingerprint density at radius 1 is 1.08 bits per heavy atom. The SMILES string of the molecule is CCNC(=O)C(c1ccccc1)C1CCN(c2ccc(NC(=O)C3(C)CCCCC3)cc2C#N)CC1. The number of likely N-dealkylation sites (N-methyl/N-ethyl adjacent to an activating group) is 1. The molecule has 6 nitrogen and oxygen atoms in total. The molecule has 2 aliphatic rings. The summed E-state index contributed by atoms with van der Waals surface area (Å²) in [5, 5.41) is 16.0. The minimum absolute atomic E-state index is 0.0527. The van der Waals surface area contributed by atoms with E-state index in [0.717, 1.165) is 62.9 Å². The Bertz CT molecular complexity index is 1090. The maximum atomic E-state index is 13.0. The highest BCUT2D eigenvalue weighted by Gasteiger charge is 2.35. The highest BCUT2D eigenvalue weighted by Crippen LogP contribution is 2.38. The van der Waals surface area contributed by atoms with Crippen LogP contribution in [0.4, 0.5) is 11.4 Å². The standard InChI is InChI=1S/C30H38N4O2/c1-3-32-28(35)27(22-10-6-4-7-11-22)23-14-18-34(19-15-23)26-13-12-25(20-24(26)21-31)33-29(36)30(2)16-8-5-9-17-30/h4,6-7,10-13,20,23,27H,3,5,8-9,14-19H2,1-2H3,(H,32,35)(H,33,36). The van der Waals surface area contributed by atoms with Crippen molar-refractivity contribution in [3.63, 3.8) is 0 Å². The van der Waals surface area contributed by atoms with E-state index in [9.17, 15) is 14.9 Å². The molecular weight excluding hydrogens is 448 g/mol. The molecule has 190 valence electrons. The van der Waals surface area contributed by atoms with Gasteiger partial charge in [0.15, 0.2) is 0 Å². The monoisotopic (exact) mass is 486 g/mol. The average molecular weight is 487 g/mol. The fourth-order valence-electron chi connectivity index (χ4n) is 5.88. The third-order valence-electron chi connectivity index (χ3n) is 8.02. The molecule has 0 spiro atoms. The Hall–Kier alpha value is -3.33.